The fourth-order valence-electron chi connectivity index (χ4n) is 0.976. The van der Waals surface area contributed by atoms with Crippen molar-refractivity contribution in [2.45, 2.75) is 0 Å². The lowest BCUT2D eigenvalue weighted by molar-refractivity contribution is -0.385. The summed E-state index contributed by atoms with van der Waals surface area (Å²) >= 11 is 0. The third-order valence-corrected chi connectivity index (χ3v) is 1.60. The predicted octanol–water partition coefficient (Wildman–Crippen LogP) is 0.660. The quantitative estimate of drug-likeness (QED) is 0.536. The summed E-state index contributed by atoms with van der Waals surface area (Å²) in [5, 5.41) is 21.8. The molecule has 0 aromatic heterocycles. The first-order chi connectivity index (χ1) is 6.54. The topological polar surface area (TPSA) is 92.5 Å². The van der Waals surface area contributed by atoms with Crippen LogP contribution in [0.4, 0.5) is 5.69 Å². The van der Waals surface area contributed by atoms with Crippen LogP contribution in [0.25, 0.3) is 0 Å². The Kier molecular flexibility index (Phi) is 2.66. The number of nitro benzene ring substituents is 1. The maximum Gasteiger partial charge on any atom is 0.273 e. The Balaban J connectivity index is 3.20. The summed E-state index contributed by atoms with van der Waals surface area (Å²) in [6.45, 7) is 0. The molecule has 0 unspecified atom stereocenters. The Labute approximate surface area is 79.3 Å². The maximum atomic E-state index is 11.1. The number of rotatable bonds is 2. The van der Waals surface area contributed by atoms with Gasteiger partial charge < -0.3 is 10.4 Å². The molecule has 1 rings (SSSR count). The molecule has 0 atom stereocenters. The number of carbonyl (C=O) groups excluding carboxylic acids is 1. The standard InChI is InChI=1S/C8H8N2O4/c1-9-8(12)5-2-6(10(13)14)4-7(11)3-5/h2-4,11H,1H3,(H,9,12). The molecule has 1 aromatic rings. The summed E-state index contributed by atoms with van der Waals surface area (Å²) in [5.41, 5.74) is -0.261. The van der Waals surface area contributed by atoms with Crippen molar-refractivity contribution < 1.29 is 14.8 Å². The van der Waals surface area contributed by atoms with Gasteiger partial charge in [0.25, 0.3) is 11.6 Å². The summed E-state index contributed by atoms with van der Waals surface area (Å²) in [6.07, 6.45) is 0. The molecular formula is C8H8N2O4. The molecule has 2 N–H and O–H groups in total. The third-order valence-electron chi connectivity index (χ3n) is 1.60. The molecule has 0 heterocycles. The largest absolute Gasteiger partial charge is 0.508 e. The molecule has 0 bridgehead atoms. The normalized spacial score (nSPS) is 9.50. The molecule has 0 aliphatic rings. The minimum atomic E-state index is -0.674. The minimum Gasteiger partial charge on any atom is -0.508 e. The summed E-state index contributed by atoms with van der Waals surface area (Å²) in [5.74, 6) is -0.790. The highest BCUT2D eigenvalue weighted by atomic mass is 16.6. The lowest BCUT2D eigenvalue weighted by Gasteiger charge is -2.00. The van der Waals surface area contributed by atoms with E-state index in [1.54, 1.807) is 0 Å². The van der Waals surface area contributed by atoms with E-state index in [1.165, 1.54) is 7.05 Å². The van der Waals surface area contributed by atoms with E-state index in [2.05, 4.69) is 5.32 Å². The SMILES string of the molecule is CNC(=O)c1cc(O)cc([N+](=O)[O-])c1. The van der Waals surface area contributed by atoms with E-state index < -0.39 is 10.8 Å². The van der Waals surface area contributed by atoms with Crippen LogP contribution in [0, 0.1) is 10.1 Å². The van der Waals surface area contributed by atoms with E-state index in [0.29, 0.717) is 0 Å². The molecule has 74 valence electrons. The van der Waals surface area contributed by atoms with Crippen LogP contribution in [-0.4, -0.2) is 23.0 Å². The van der Waals surface area contributed by atoms with Crippen LogP contribution in [0.3, 0.4) is 0 Å². The molecule has 6 nitrogen and oxygen atoms in total. The number of nitrogens with zero attached hydrogens (tertiary/aromatic N) is 1. The monoisotopic (exact) mass is 196 g/mol. The molecule has 0 saturated heterocycles. The number of hydrogen-bond acceptors (Lipinski definition) is 4. The van der Waals surface area contributed by atoms with Crippen molar-refractivity contribution in [3.63, 3.8) is 0 Å². The van der Waals surface area contributed by atoms with Gasteiger partial charge in [-0.15, -0.1) is 0 Å². The van der Waals surface area contributed by atoms with Crippen LogP contribution in [0.1, 0.15) is 10.4 Å². The average molecular weight is 196 g/mol. The lowest BCUT2D eigenvalue weighted by Crippen LogP contribution is -2.17. The van der Waals surface area contributed by atoms with Gasteiger partial charge in [-0.1, -0.05) is 0 Å². The highest BCUT2D eigenvalue weighted by molar-refractivity contribution is 5.95. The van der Waals surface area contributed by atoms with E-state index in [-0.39, 0.29) is 17.0 Å². The highest BCUT2D eigenvalue weighted by Gasteiger charge is 2.12. The zero-order valence-electron chi connectivity index (χ0n) is 7.35. The molecule has 0 aliphatic heterocycles. The lowest BCUT2D eigenvalue weighted by atomic mass is 10.2. The van der Waals surface area contributed by atoms with Crippen LogP contribution in [-0.2, 0) is 0 Å². The van der Waals surface area contributed by atoms with E-state index in [4.69, 9.17) is 5.11 Å². The first kappa shape index (κ1) is 9.97. The van der Waals surface area contributed by atoms with Crippen molar-refractivity contribution in [3.05, 3.63) is 33.9 Å². The number of nitro groups is 1. The van der Waals surface area contributed by atoms with Gasteiger partial charge >= 0.3 is 0 Å². The van der Waals surface area contributed by atoms with Crippen molar-refractivity contribution in [1.29, 1.82) is 0 Å². The molecule has 0 aliphatic carbocycles. The summed E-state index contributed by atoms with van der Waals surface area (Å²) in [7, 11) is 1.40. The van der Waals surface area contributed by atoms with Crippen molar-refractivity contribution in [1.82, 2.24) is 5.32 Å². The molecule has 0 fully saturated rings. The Morgan fingerprint density at radius 2 is 2.14 bits per heavy atom. The number of amides is 1. The van der Waals surface area contributed by atoms with Gasteiger partial charge in [-0.25, -0.2) is 0 Å². The molecule has 1 amide bonds. The van der Waals surface area contributed by atoms with Gasteiger partial charge in [-0.05, 0) is 6.07 Å². The molecule has 1 aromatic carbocycles. The summed E-state index contributed by atoms with van der Waals surface area (Å²) < 4.78 is 0. The first-order valence-electron chi connectivity index (χ1n) is 3.75. The maximum absolute atomic E-state index is 11.1. The van der Waals surface area contributed by atoms with Crippen LogP contribution in [0.15, 0.2) is 18.2 Å². The van der Waals surface area contributed by atoms with E-state index in [1.807, 2.05) is 0 Å². The number of benzene rings is 1. The number of nitrogens with one attached hydrogen (secondary N) is 1. The van der Waals surface area contributed by atoms with Crippen LogP contribution >= 0.6 is 0 Å². The van der Waals surface area contributed by atoms with E-state index in [9.17, 15) is 14.9 Å². The second kappa shape index (κ2) is 3.73. The van der Waals surface area contributed by atoms with Crippen molar-refractivity contribution in [3.8, 4) is 5.75 Å². The fourth-order valence-corrected chi connectivity index (χ4v) is 0.976. The molecule has 0 spiro atoms. The Morgan fingerprint density at radius 3 is 2.64 bits per heavy atom. The van der Waals surface area contributed by atoms with Crippen molar-refractivity contribution in [2.24, 2.45) is 0 Å². The molecule has 0 saturated carbocycles. The van der Waals surface area contributed by atoms with Gasteiger partial charge in [0, 0.05) is 18.7 Å². The van der Waals surface area contributed by atoms with Crippen molar-refractivity contribution >= 4 is 11.6 Å². The summed E-state index contributed by atoms with van der Waals surface area (Å²) in [6, 6.07) is 3.23. The number of hydrogen-bond donors (Lipinski definition) is 2. The molecule has 0 radical (unpaired) electrons. The number of non-ortho nitro benzene ring substituents is 1. The predicted molar refractivity (Wildman–Crippen MR) is 48.2 cm³/mol. The van der Waals surface area contributed by atoms with E-state index in [0.717, 1.165) is 18.2 Å². The highest BCUT2D eigenvalue weighted by Crippen LogP contribution is 2.21. The average Bonchev–Trinajstić information content (AvgIpc) is 2.15. The summed E-state index contributed by atoms with van der Waals surface area (Å²) in [4.78, 5) is 20.8. The zero-order valence-corrected chi connectivity index (χ0v) is 7.35. The molecule has 14 heavy (non-hydrogen) atoms. The van der Waals surface area contributed by atoms with E-state index >= 15 is 0 Å². The second-order valence-corrected chi connectivity index (χ2v) is 2.57. The van der Waals surface area contributed by atoms with Gasteiger partial charge in [0.1, 0.15) is 5.75 Å². The van der Waals surface area contributed by atoms with Crippen LogP contribution < -0.4 is 5.32 Å². The van der Waals surface area contributed by atoms with Gasteiger partial charge in [0.15, 0.2) is 0 Å². The third kappa shape index (κ3) is 1.98. The molecular weight excluding hydrogens is 188 g/mol. The van der Waals surface area contributed by atoms with Gasteiger partial charge in [-0.2, -0.15) is 0 Å². The Bertz CT molecular complexity index is 389. The van der Waals surface area contributed by atoms with Crippen molar-refractivity contribution in [2.75, 3.05) is 7.05 Å². The van der Waals surface area contributed by atoms with Crippen LogP contribution in [0.5, 0.6) is 5.75 Å². The smallest absolute Gasteiger partial charge is 0.273 e. The number of phenolic OH excluding ortho intramolecular Hbond substituents is 1. The second-order valence-electron chi connectivity index (χ2n) is 2.57. The van der Waals surface area contributed by atoms with Gasteiger partial charge in [-0.3, -0.25) is 14.9 Å². The van der Waals surface area contributed by atoms with Gasteiger partial charge in [0.2, 0.25) is 0 Å². The van der Waals surface area contributed by atoms with Crippen LogP contribution in [0.2, 0.25) is 0 Å². The minimum absolute atomic E-state index is 0.0548. The number of phenols is 1. The van der Waals surface area contributed by atoms with Gasteiger partial charge in [0.05, 0.1) is 11.0 Å². The fraction of sp³-hybridized carbons (Fsp3) is 0.125. The molecule has 6 heteroatoms. The Morgan fingerprint density at radius 1 is 1.50 bits per heavy atom. The first-order valence-corrected chi connectivity index (χ1v) is 3.75. The number of aromatic hydroxyl groups is 1. The number of carbonyl (C=O) groups is 1. The zero-order chi connectivity index (χ0) is 10.7. The Hall–Kier alpha value is -2.11.